The smallest absolute Gasteiger partial charge is 0.380 e. The van der Waals surface area contributed by atoms with Crippen LogP contribution in [0.5, 0.6) is 11.5 Å². The predicted molar refractivity (Wildman–Crippen MR) is 83.9 cm³/mol. The highest BCUT2D eigenvalue weighted by molar-refractivity contribution is 7.81. The first-order valence-corrected chi connectivity index (χ1v) is 8.47. The second kappa shape index (κ2) is 7.36. The summed E-state index contributed by atoms with van der Waals surface area (Å²) in [5.41, 5.74) is 1.55. The van der Waals surface area contributed by atoms with E-state index >= 15 is 0 Å². The molecule has 0 aliphatic heterocycles. The molecule has 0 radical (unpaired) electrons. The molecule has 0 amide bonds. The second-order valence-corrected chi connectivity index (χ2v) is 5.80. The van der Waals surface area contributed by atoms with Crippen molar-refractivity contribution in [1.82, 2.24) is 0 Å². The maximum Gasteiger partial charge on any atom is 0.488 e. The van der Waals surface area contributed by atoms with E-state index in [2.05, 4.69) is 8.37 Å². The molecule has 23 heavy (non-hydrogen) atoms. The average Bonchev–Trinajstić information content (AvgIpc) is 2.46. The summed E-state index contributed by atoms with van der Waals surface area (Å²) in [6, 6.07) is 12.2. The highest BCUT2D eigenvalue weighted by Crippen LogP contribution is 2.18. The molecule has 122 valence electrons. The Morgan fingerprint density at radius 2 is 1.35 bits per heavy atom. The Labute approximate surface area is 135 Å². The molecule has 0 aromatic heterocycles. The van der Waals surface area contributed by atoms with Gasteiger partial charge in [0.25, 0.3) is 0 Å². The van der Waals surface area contributed by atoms with Gasteiger partial charge in [-0.05, 0) is 35.4 Å². The molecule has 0 saturated carbocycles. The van der Waals surface area contributed by atoms with Crippen molar-refractivity contribution in [3.8, 4) is 11.5 Å². The molecule has 0 spiro atoms. The van der Waals surface area contributed by atoms with Crippen LogP contribution in [0.15, 0.2) is 48.5 Å². The molecule has 9 heteroatoms. The fourth-order valence-corrected chi connectivity index (χ4v) is 2.28. The Morgan fingerprint density at radius 1 is 0.913 bits per heavy atom. The lowest BCUT2D eigenvalue weighted by Crippen LogP contribution is -2.00. The first-order valence-electron chi connectivity index (χ1n) is 6.13. The molecule has 1 atom stereocenters. The third kappa shape index (κ3) is 6.19. The standard InChI is InChI=1S/C14H11FO6S2/c15-23(18,19)21-14-9-5-12(6-10-14)2-1-11-3-7-13(8-4-11)20-22(16)17/h1-10H,(H,16,17)/b2-1+. The minimum atomic E-state index is -5.03. The van der Waals surface area contributed by atoms with Crippen LogP contribution >= 0.6 is 0 Å². The van der Waals surface area contributed by atoms with Gasteiger partial charge in [0.05, 0.1) is 0 Å². The van der Waals surface area contributed by atoms with E-state index < -0.39 is 21.9 Å². The van der Waals surface area contributed by atoms with Crippen LogP contribution < -0.4 is 8.37 Å². The Morgan fingerprint density at radius 3 is 1.74 bits per heavy atom. The number of hydrogen-bond acceptors (Lipinski definition) is 5. The molecule has 1 unspecified atom stereocenters. The summed E-state index contributed by atoms with van der Waals surface area (Å²) in [7, 11) is -5.03. The van der Waals surface area contributed by atoms with Crippen molar-refractivity contribution in [3.05, 3.63) is 59.7 Å². The van der Waals surface area contributed by atoms with Crippen molar-refractivity contribution < 1.29 is 29.4 Å². The van der Waals surface area contributed by atoms with Crippen LogP contribution in [-0.2, 0) is 21.9 Å². The Hall–Kier alpha value is -2.23. The molecular weight excluding hydrogens is 347 g/mol. The molecule has 0 aliphatic carbocycles. The molecular formula is C14H11FO6S2. The molecule has 0 saturated heterocycles. The van der Waals surface area contributed by atoms with E-state index in [1.54, 1.807) is 36.4 Å². The van der Waals surface area contributed by atoms with Crippen LogP contribution in [0.3, 0.4) is 0 Å². The molecule has 1 N–H and O–H groups in total. The lowest BCUT2D eigenvalue weighted by atomic mass is 10.1. The van der Waals surface area contributed by atoms with E-state index in [1.807, 2.05) is 0 Å². The van der Waals surface area contributed by atoms with E-state index in [0.717, 1.165) is 11.1 Å². The topological polar surface area (TPSA) is 89.9 Å². The maximum absolute atomic E-state index is 12.3. The summed E-state index contributed by atoms with van der Waals surface area (Å²) in [5, 5.41) is 0. The lowest BCUT2D eigenvalue weighted by Gasteiger charge is -2.01. The summed E-state index contributed by atoms with van der Waals surface area (Å²) in [6.45, 7) is 0. The van der Waals surface area contributed by atoms with Gasteiger partial charge in [0, 0.05) is 0 Å². The number of rotatable bonds is 6. The zero-order valence-electron chi connectivity index (χ0n) is 11.5. The van der Waals surface area contributed by atoms with Gasteiger partial charge in [-0.2, -0.15) is 12.6 Å². The minimum absolute atomic E-state index is 0.122. The molecule has 2 rings (SSSR count). The highest BCUT2D eigenvalue weighted by Gasteiger charge is 2.08. The third-order valence-corrected chi connectivity index (χ3v) is 3.32. The van der Waals surface area contributed by atoms with Gasteiger partial charge in [-0.1, -0.05) is 40.3 Å². The fraction of sp³-hybridized carbons (Fsp3) is 0. The lowest BCUT2D eigenvalue weighted by molar-refractivity contribution is 0.440. The number of halogens is 1. The van der Waals surface area contributed by atoms with Crippen LogP contribution in [0.1, 0.15) is 11.1 Å². The molecule has 2 aromatic rings. The highest BCUT2D eigenvalue weighted by atomic mass is 32.3. The van der Waals surface area contributed by atoms with Crippen molar-refractivity contribution in [2.75, 3.05) is 0 Å². The minimum Gasteiger partial charge on any atom is -0.380 e. The Bertz CT molecular complexity index is 813. The van der Waals surface area contributed by atoms with Gasteiger partial charge in [0.1, 0.15) is 11.5 Å². The molecule has 0 aliphatic rings. The predicted octanol–water partition coefficient (Wildman–Crippen LogP) is 2.97. The van der Waals surface area contributed by atoms with Crippen LogP contribution in [-0.4, -0.2) is 17.2 Å². The van der Waals surface area contributed by atoms with E-state index in [1.165, 1.54) is 24.3 Å². The quantitative estimate of drug-likeness (QED) is 0.485. The van der Waals surface area contributed by atoms with Crippen molar-refractivity contribution in [2.45, 2.75) is 0 Å². The average molecular weight is 358 g/mol. The van der Waals surface area contributed by atoms with E-state index in [-0.39, 0.29) is 11.5 Å². The first-order chi connectivity index (χ1) is 10.8. The summed E-state index contributed by atoms with van der Waals surface area (Å²) in [6.07, 6.45) is 3.51. The summed E-state index contributed by atoms with van der Waals surface area (Å²) >= 11 is -2.37. The van der Waals surface area contributed by atoms with Crippen molar-refractivity contribution in [2.24, 2.45) is 0 Å². The van der Waals surface area contributed by atoms with Gasteiger partial charge >= 0.3 is 21.9 Å². The van der Waals surface area contributed by atoms with Gasteiger partial charge in [0.2, 0.25) is 0 Å². The zero-order chi connectivity index (χ0) is 16.9. The maximum atomic E-state index is 12.3. The first kappa shape index (κ1) is 17.1. The van der Waals surface area contributed by atoms with Gasteiger partial charge < -0.3 is 8.37 Å². The van der Waals surface area contributed by atoms with Crippen molar-refractivity contribution >= 4 is 34.0 Å². The SMILES string of the molecule is O=S(O)Oc1ccc(/C=C/c2ccc(OS(=O)(=O)F)cc2)cc1. The number of hydrogen-bond donors (Lipinski definition) is 1. The van der Waals surface area contributed by atoms with Crippen LogP contribution in [0.2, 0.25) is 0 Å². The normalized spacial score (nSPS) is 13.0. The molecule has 0 bridgehead atoms. The molecule has 0 heterocycles. The largest absolute Gasteiger partial charge is 0.488 e. The molecule has 0 fully saturated rings. The summed E-state index contributed by atoms with van der Waals surface area (Å²) in [5.74, 6) is 0.139. The number of benzene rings is 2. The van der Waals surface area contributed by atoms with Crippen molar-refractivity contribution in [1.29, 1.82) is 0 Å². The Balaban J connectivity index is 2.03. The van der Waals surface area contributed by atoms with Crippen molar-refractivity contribution in [3.63, 3.8) is 0 Å². The van der Waals surface area contributed by atoms with Crippen LogP contribution in [0, 0.1) is 0 Å². The second-order valence-electron chi connectivity index (χ2n) is 4.25. The summed E-state index contributed by atoms with van der Waals surface area (Å²) < 4.78 is 60.8. The third-order valence-electron chi connectivity index (χ3n) is 2.59. The molecule has 6 nitrogen and oxygen atoms in total. The summed E-state index contributed by atoms with van der Waals surface area (Å²) in [4.78, 5) is 0. The molecule has 2 aromatic carbocycles. The fourth-order valence-electron chi connectivity index (χ4n) is 1.66. The zero-order valence-corrected chi connectivity index (χ0v) is 13.1. The van der Waals surface area contributed by atoms with Gasteiger partial charge in [-0.3, -0.25) is 4.55 Å². The van der Waals surface area contributed by atoms with E-state index in [9.17, 15) is 16.5 Å². The Kier molecular flexibility index (Phi) is 5.48. The van der Waals surface area contributed by atoms with Gasteiger partial charge in [0.15, 0.2) is 0 Å². The van der Waals surface area contributed by atoms with Crippen LogP contribution in [0.25, 0.3) is 12.2 Å². The monoisotopic (exact) mass is 358 g/mol. The van der Waals surface area contributed by atoms with E-state index in [0.29, 0.717) is 0 Å². The van der Waals surface area contributed by atoms with Crippen LogP contribution in [0.4, 0.5) is 3.89 Å². The van der Waals surface area contributed by atoms with Gasteiger partial charge in [-0.15, -0.1) is 0 Å². The van der Waals surface area contributed by atoms with Gasteiger partial charge in [-0.25, -0.2) is 0 Å². The van der Waals surface area contributed by atoms with E-state index in [4.69, 9.17) is 4.55 Å².